The fraction of sp³-hybridized carbons (Fsp3) is 0.462. The van der Waals surface area contributed by atoms with E-state index in [1.54, 1.807) is 6.07 Å². The van der Waals surface area contributed by atoms with Crippen molar-refractivity contribution < 1.29 is 32.5 Å². The van der Waals surface area contributed by atoms with E-state index in [0.29, 0.717) is 22.3 Å². The molecule has 0 unspecified atom stereocenters. The Balaban J connectivity index is 1.72. The number of fused-ring (bicyclic) bond motifs is 2. The molecule has 0 spiro atoms. The smallest absolute Gasteiger partial charge is 0.339 e. The van der Waals surface area contributed by atoms with Gasteiger partial charge >= 0.3 is 11.6 Å². The number of nitrogens with one attached hydrogen (secondary N) is 2. The minimum absolute atomic E-state index is 0.0544. The minimum Gasteiger partial charge on any atom is -0.481 e. The summed E-state index contributed by atoms with van der Waals surface area (Å²) in [5.41, 5.74) is 2.61. The first-order valence-electron chi connectivity index (χ1n) is 12.0. The van der Waals surface area contributed by atoms with E-state index in [4.69, 9.17) is 13.9 Å². The highest BCUT2D eigenvalue weighted by Crippen LogP contribution is 2.31. The molecule has 0 saturated heterocycles. The molecule has 2 aromatic heterocycles. The fourth-order valence-corrected chi connectivity index (χ4v) is 4.71. The van der Waals surface area contributed by atoms with Crippen molar-refractivity contribution in [1.82, 2.24) is 10.6 Å². The van der Waals surface area contributed by atoms with Crippen LogP contribution in [0.1, 0.15) is 48.1 Å². The Morgan fingerprint density at radius 3 is 2.38 bits per heavy atom. The van der Waals surface area contributed by atoms with E-state index in [0.717, 1.165) is 22.1 Å². The summed E-state index contributed by atoms with van der Waals surface area (Å²) in [6.07, 6.45) is 1.89. The molecule has 0 saturated carbocycles. The maximum atomic E-state index is 12.7. The maximum absolute atomic E-state index is 12.7. The predicted molar refractivity (Wildman–Crippen MR) is 140 cm³/mol. The van der Waals surface area contributed by atoms with E-state index in [2.05, 4.69) is 10.6 Å². The van der Waals surface area contributed by atoms with Crippen molar-refractivity contribution in [2.45, 2.75) is 58.9 Å². The van der Waals surface area contributed by atoms with Gasteiger partial charge in [0.25, 0.3) is 0 Å². The number of carboxylic acid groups (broad SMARTS) is 1. The number of rotatable bonds is 12. The van der Waals surface area contributed by atoms with Crippen LogP contribution in [0.5, 0.6) is 0 Å². The van der Waals surface area contributed by atoms with Crippen LogP contribution in [0.4, 0.5) is 0 Å². The zero-order chi connectivity index (χ0) is 27.3. The second-order valence-corrected chi connectivity index (χ2v) is 10.6. The summed E-state index contributed by atoms with van der Waals surface area (Å²) in [5.74, 6) is -0.881. The largest absolute Gasteiger partial charge is 0.481 e. The normalized spacial score (nSPS) is 13.0. The number of carboxylic acids is 1. The summed E-state index contributed by atoms with van der Waals surface area (Å²) < 4.78 is 22.8. The SMILES string of the molecule is Cc1oc2cc3oc(=O)c(CCC(=O)N[C@@H](CC[S@@](C)=O)C(=O)NCCCC(=O)O)c(C)c3cc2c1C. The van der Waals surface area contributed by atoms with Crippen LogP contribution in [-0.2, 0) is 31.6 Å². The van der Waals surface area contributed by atoms with Gasteiger partial charge in [-0.25, -0.2) is 4.79 Å². The number of carbonyl (C=O) groups is 3. The van der Waals surface area contributed by atoms with E-state index in [9.17, 15) is 23.4 Å². The van der Waals surface area contributed by atoms with Gasteiger partial charge in [0.1, 0.15) is 23.0 Å². The van der Waals surface area contributed by atoms with Crippen molar-refractivity contribution in [1.29, 1.82) is 0 Å². The first kappa shape index (κ1) is 28.1. The second-order valence-electron chi connectivity index (χ2n) is 9.10. The molecule has 1 aromatic carbocycles. The molecule has 0 bridgehead atoms. The molecule has 0 aliphatic rings. The lowest BCUT2D eigenvalue weighted by Gasteiger charge is -2.18. The monoisotopic (exact) mass is 532 g/mol. The van der Waals surface area contributed by atoms with Gasteiger partial charge in [0.15, 0.2) is 0 Å². The molecule has 0 aliphatic carbocycles. The van der Waals surface area contributed by atoms with Crippen molar-refractivity contribution in [2.75, 3.05) is 18.6 Å². The van der Waals surface area contributed by atoms with Crippen LogP contribution in [0.25, 0.3) is 21.9 Å². The molecule has 0 fully saturated rings. The molecule has 10 nitrogen and oxygen atoms in total. The van der Waals surface area contributed by atoms with Crippen molar-refractivity contribution in [3.05, 3.63) is 45.0 Å². The summed E-state index contributed by atoms with van der Waals surface area (Å²) in [5, 5.41) is 15.7. The van der Waals surface area contributed by atoms with Gasteiger partial charge < -0.3 is 24.6 Å². The van der Waals surface area contributed by atoms with E-state index in [1.807, 2.05) is 26.8 Å². The first-order chi connectivity index (χ1) is 17.5. The summed E-state index contributed by atoms with van der Waals surface area (Å²) in [4.78, 5) is 48.6. The summed E-state index contributed by atoms with van der Waals surface area (Å²) in [6, 6.07) is 2.71. The van der Waals surface area contributed by atoms with Crippen LogP contribution in [0.15, 0.2) is 25.8 Å². The number of aliphatic carboxylic acids is 1. The quantitative estimate of drug-likeness (QED) is 0.237. The Labute approximate surface area is 216 Å². The van der Waals surface area contributed by atoms with E-state index >= 15 is 0 Å². The molecule has 2 atom stereocenters. The Hall–Kier alpha value is -3.47. The minimum atomic E-state index is -1.16. The molecule has 3 aromatic rings. The number of benzene rings is 1. The highest BCUT2D eigenvalue weighted by Gasteiger charge is 2.22. The van der Waals surface area contributed by atoms with Crippen molar-refractivity contribution >= 4 is 50.5 Å². The van der Waals surface area contributed by atoms with Gasteiger partial charge in [-0.05, 0) is 57.2 Å². The molecule has 200 valence electrons. The molecular formula is C26H32N2O8S. The number of hydrogen-bond acceptors (Lipinski definition) is 7. The molecule has 0 aliphatic heterocycles. The average molecular weight is 533 g/mol. The first-order valence-corrected chi connectivity index (χ1v) is 13.8. The number of carbonyl (C=O) groups excluding carboxylic acids is 2. The summed E-state index contributed by atoms with van der Waals surface area (Å²) in [6.45, 7) is 5.78. The topological polar surface area (TPSA) is 156 Å². The third-order valence-electron chi connectivity index (χ3n) is 6.40. The lowest BCUT2D eigenvalue weighted by molar-refractivity contribution is -0.137. The summed E-state index contributed by atoms with van der Waals surface area (Å²) in [7, 11) is -1.16. The van der Waals surface area contributed by atoms with Gasteiger partial charge in [0.05, 0.1) is 0 Å². The highest BCUT2D eigenvalue weighted by molar-refractivity contribution is 7.84. The van der Waals surface area contributed by atoms with Gasteiger partial charge in [-0.15, -0.1) is 0 Å². The van der Waals surface area contributed by atoms with E-state index in [1.165, 1.54) is 6.26 Å². The van der Waals surface area contributed by atoms with Crippen LogP contribution >= 0.6 is 0 Å². The summed E-state index contributed by atoms with van der Waals surface area (Å²) >= 11 is 0. The third kappa shape index (κ3) is 7.06. The molecule has 37 heavy (non-hydrogen) atoms. The van der Waals surface area contributed by atoms with Gasteiger partial charge in [0.2, 0.25) is 11.8 Å². The fourth-order valence-electron chi connectivity index (χ4n) is 4.15. The maximum Gasteiger partial charge on any atom is 0.339 e. The van der Waals surface area contributed by atoms with E-state index in [-0.39, 0.29) is 44.4 Å². The Morgan fingerprint density at radius 1 is 1.03 bits per heavy atom. The molecule has 0 radical (unpaired) electrons. The third-order valence-corrected chi connectivity index (χ3v) is 7.21. The molecule has 11 heteroatoms. The number of amides is 2. The number of aryl methyl sites for hydroxylation is 3. The van der Waals surface area contributed by atoms with Gasteiger partial charge in [-0.3, -0.25) is 18.6 Å². The van der Waals surface area contributed by atoms with Crippen LogP contribution in [0.2, 0.25) is 0 Å². The molecule has 2 heterocycles. The van der Waals surface area contributed by atoms with Gasteiger partial charge in [-0.1, -0.05) is 0 Å². The average Bonchev–Trinajstić information content (AvgIpc) is 3.10. The van der Waals surface area contributed by atoms with Gasteiger partial charge in [0, 0.05) is 64.6 Å². The lowest BCUT2D eigenvalue weighted by Crippen LogP contribution is -2.47. The number of furan rings is 1. The highest BCUT2D eigenvalue weighted by atomic mass is 32.2. The zero-order valence-electron chi connectivity index (χ0n) is 21.4. The van der Waals surface area contributed by atoms with Crippen molar-refractivity contribution in [3.8, 4) is 0 Å². The molecule has 3 N–H and O–H groups in total. The van der Waals surface area contributed by atoms with Gasteiger partial charge in [-0.2, -0.15) is 0 Å². The molecular weight excluding hydrogens is 500 g/mol. The second kappa shape index (κ2) is 12.2. The van der Waals surface area contributed by atoms with Crippen molar-refractivity contribution in [2.24, 2.45) is 0 Å². The Bertz CT molecular complexity index is 1420. The van der Waals surface area contributed by atoms with E-state index < -0.39 is 40.3 Å². The predicted octanol–water partition coefficient (Wildman–Crippen LogP) is 2.63. The van der Waals surface area contributed by atoms with Crippen LogP contribution in [0, 0.1) is 20.8 Å². The number of hydrogen-bond donors (Lipinski definition) is 3. The molecule has 2 amide bonds. The van der Waals surface area contributed by atoms with Crippen molar-refractivity contribution in [3.63, 3.8) is 0 Å². The van der Waals surface area contributed by atoms with Crippen LogP contribution in [-0.4, -0.2) is 51.7 Å². The Morgan fingerprint density at radius 2 is 1.70 bits per heavy atom. The van der Waals surface area contributed by atoms with Crippen LogP contribution < -0.4 is 16.3 Å². The zero-order valence-corrected chi connectivity index (χ0v) is 22.2. The standard InChI is InChI=1S/C26H32N2O8S/c1-14-16(3)35-21-13-22-19(12-18(14)21)15(2)17(26(33)36-22)7-8-23(29)28-20(9-11-37(4)34)25(32)27-10-5-6-24(30)31/h12-13,20H,5-11H2,1-4H3,(H,27,32)(H,28,29)(H,30,31)/t20-,37+/m0/s1. The van der Waals surface area contributed by atoms with Crippen LogP contribution in [0.3, 0.4) is 0 Å². The Kier molecular flexibility index (Phi) is 9.25. The lowest BCUT2D eigenvalue weighted by atomic mass is 10.00. The molecule has 3 rings (SSSR count).